The summed E-state index contributed by atoms with van der Waals surface area (Å²) in [6.07, 6.45) is 7.18. The van der Waals surface area contributed by atoms with Gasteiger partial charge in [-0.3, -0.25) is 0 Å². The second-order valence-electron chi connectivity index (χ2n) is 2.91. The smallest absolute Gasteiger partial charge is 0.318 e. The molecule has 0 saturated carbocycles. The zero-order valence-electron chi connectivity index (χ0n) is 7.34. The van der Waals surface area contributed by atoms with E-state index in [-0.39, 0.29) is 6.03 Å². The van der Waals surface area contributed by atoms with Crippen molar-refractivity contribution in [2.24, 2.45) is 0 Å². The first-order chi connectivity index (χ1) is 5.79. The Hall–Kier alpha value is -1.17. The fraction of sp³-hybridized carbons (Fsp3) is 0.667. The van der Waals surface area contributed by atoms with Crippen LogP contribution >= 0.6 is 0 Å². The van der Waals surface area contributed by atoms with Crippen molar-refractivity contribution in [3.63, 3.8) is 0 Å². The minimum atomic E-state index is -0.0222. The zero-order chi connectivity index (χ0) is 8.97. The molecule has 1 rings (SSSR count). The summed E-state index contributed by atoms with van der Waals surface area (Å²) >= 11 is 0. The first kappa shape index (κ1) is 8.92. The number of carbonyl (C=O) groups excluding carboxylic acids is 1. The van der Waals surface area contributed by atoms with Gasteiger partial charge in [-0.25, -0.2) is 4.79 Å². The molecule has 1 unspecified atom stereocenters. The van der Waals surface area contributed by atoms with E-state index in [1.54, 1.807) is 0 Å². The van der Waals surface area contributed by atoms with Crippen molar-refractivity contribution in [3.8, 4) is 12.3 Å². The van der Waals surface area contributed by atoms with Gasteiger partial charge in [-0.05, 0) is 12.8 Å². The Kier molecular flexibility index (Phi) is 2.98. The fourth-order valence-electron chi connectivity index (χ4n) is 1.36. The van der Waals surface area contributed by atoms with Crippen molar-refractivity contribution in [3.05, 3.63) is 0 Å². The Bertz CT molecular complexity index is 205. The van der Waals surface area contributed by atoms with E-state index in [0.717, 1.165) is 19.4 Å². The molecule has 1 heterocycles. The van der Waals surface area contributed by atoms with Crippen LogP contribution in [-0.2, 0) is 0 Å². The van der Waals surface area contributed by atoms with Crippen LogP contribution in [0.4, 0.5) is 4.79 Å². The SMILES string of the molecule is C#CCNC(=O)N1CCC1CC. The van der Waals surface area contributed by atoms with Gasteiger partial charge in [0, 0.05) is 12.6 Å². The molecule has 1 aliphatic rings. The maximum Gasteiger partial charge on any atom is 0.318 e. The van der Waals surface area contributed by atoms with Gasteiger partial charge in [-0.2, -0.15) is 0 Å². The van der Waals surface area contributed by atoms with Crippen molar-refractivity contribution in [1.29, 1.82) is 0 Å². The van der Waals surface area contributed by atoms with Crippen LogP contribution in [0.25, 0.3) is 0 Å². The minimum Gasteiger partial charge on any atom is -0.327 e. The third kappa shape index (κ3) is 1.70. The quantitative estimate of drug-likeness (QED) is 0.605. The van der Waals surface area contributed by atoms with Gasteiger partial charge in [0.25, 0.3) is 0 Å². The lowest BCUT2D eigenvalue weighted by atomic mass is 10.0. The van der Waals surface area contributed by atoms with E-state index < -0.39 is 0 Å². The van der Waals surface area contributed by atoms with Crippen LogP contribution < -0.4 is 5.32 Å². The molecule has 0 aromatic carbocycles. The molecule has 66 valence electrons. The van der Waals surface area contributed by atoms with Gasteiger partial charge >= 0.3 is 6.03 Å². The molecule has 1 atom stereocenters. The normalized spacial score (nSPS) is 21.0. The summed E-state index contributed by atoms with van der Waals surface area (Å²) in [6.45, 7) is 3.28. The summed E-state index contributed by atoms with van der Waals surface area (Å²) in [4.78, 5) is 13.1. The Labute approximate surface area is 73.1 Å². The summed E-state index contributed by atoms with van der Waals surface area (Å²) in [5.41, 5.74) is 0. The molecule has 1 N–H and O–H groups in total. The second-order valence-corrected chi connectivity index (χ2v) is 2.91. The summed E-state index contributed by atoms with van der Waals surface area (Å²) < 4.78 is 0. The highest BCUT2D eigenvalue weighted by atomic mass is 16.2. The Morgan fingerprint density at radius 1 is 1.83 bits per heavy atom. The Morgan fingerprint density at radius 2 is 2.58 bits per heavy atom. The van der Waals surface area contributed by atoms with E-state index in [9.17, 15) is 4.79 Å². The van der Waals surface area contributed by atoms with E-state index in [2.05, 4.69) is 18.2 Å². The maximum absolute atomic E-state index is 11.3. The molecule has 0 aromatic rings. The van der Waals surface area contributed by atoms with Crippen LogP contribution in [0.5, 0.6) is 0 Å². The molecule has 0 spiro atoms. The standard InChI is InChI=1S/C9H14N2O/c1-3-6-10-9(12)11-7-5-8(11)4-2/h1,8H,4-7H2,2H3,(H,10,12). The molecule has 0 aliphatic carbocycles. The van der Waals surface area contributed by atoms with Gasteiger partial charge in [0.05, 0.1) is 6.54 Å². The van der Waals surface area contributed by atoms with Gasteiger partial charge < -0.3 is 10.2 Å². The van der Waals surface area contributed by atoms with Crippen LogP contribution in [0.1, 0.15) is 19.8 Å². The molecule has 0 aromatic heterocycles. The molecule has 0 radical (unpaired) electrons. The lowest BCUT2D eigenvalue weighted by molar-refractivity contribution is 0.113. The molecule has 1 saturated heterocycles. The number of nitrogens with zero attached hydrogens (tertiary/aromatic N) is 1. The predicted molar refractivity (Wildman–Crippen MR) is 47.6 cm³/mol. The Morgan fingerprint density at radius 3 is 3.00 bits per heavy atom. The largest absolute Gasteiger partial charge is 0.327 e. The molecule has 12 heavy (non-hydrogen) atoms. The molecular weight excluding hydrogens is 152 g/mol. The van der Waals surface area contributed by atoms with Gasteiger partial charge in [-0.1, -0.05) is 12.8 Å². The van der Waals surface area contributed by atoms with E-state index in [0.29, 0.717) is 12.6 Å². The highest BCUT2D eigenvalue weighted by Crippen LogP contribution is 2.19. The fourth-order valence-corrected chi connectivity index (χ4v) is 1.36. The number of carbonyl (C=O) groups is 1. The summed E-state index contributed by atoms with van der Waals surface area (Å²) in [6, 6.07) is 0.411. The lowest BCUT2D eigenvalue weighted by Gasteiger charge is -2.40. The van der Waals surface area contributed by atoms with Crippen molar-refractivity contribution < 1.29 is 4.79 Å². The third-order valence-electron chi connectivity index (χ3n) is 2.22. The number of hydrogen-bond acceptors (Lipinski definition) is 1. The predicted octanol–water partition coefficient (Wildman–Crippen LogP) is 0.814. The van der Waals surface area contributed by atoms with E-state index in [1.807, 2.05) is 4.90 Å². The van der Waals surface area contributed by atoms with E-state index >= 15 is 0 Å². The average molecular weight is 166 g/mol. The van der Waals surface area contributed by atoms with Crippen LogP contribution in [0.2, 0.25) is 0 Å². The lowest BCUT2D eigenvalue weighted by Crippen LogP contribution is -2.54. The van der Waals surface area contributed by atoms with E-state index in [4.69, 9.17) is 6.42 Å². The number of likely N-dealkylation sites (tertiary alicyclic amines) is 1. The summed E-state index contributed by atoms with van der Waals surface area (Å²) in [5.74, 6) is 2.38. The van der Waals surface area contributed by atoms with Crippen molar-refractivity contribution in [2.45, 2.75) is 25.8 Å². The monoisotopic (exact) mass is 166 g/mol. The molecule has 3 nitrogen and oxygen atoms in total. The number of amides is 2. The van der Waals surface area contributed by atoms with Gasteiger partial charge in [0.1, 0.15) is 0 Å². The molecule has 3 heteroatoms. The van der Waals surface area contributed by atoms with Crippen molar-refractivity contribution in [2.75, 3.05) is 13.1 Å². The maximum atomic E-state index is 11.3. The first-order valence-corrected chi connectivity index (χ1v) is 4.27. The van der Waals surface area contributed by atoms with Crippen molar-refractivity contribution >= 4 is 6.03 Å². The summed E-state index contributed by atoms with van der Waals surface area (Å²) in [5, 5.41) is 2.65. The molecule has 1 fully saturated rings. The van der Waals surface area contributed by atoms with E-state index in [1.165, 1.54) is 0 Å². The number of urea groups is 1. The number of terminal acetylenes is 1. The minimum absolute atomic E-state index is 0.0222. The van der Waals surface area contributed by atoms with Crippen LogP contribution in [-0.4, -0.2) is 30.1 Å². The van der Waals surface area contributed by atoms with Gasteiger partial charge in [-0.15, -0.1) is 6.42 Å². The number of rotatable bonds is 2. The first-order valence-electron chi connectivity index (χ1n) is 4.27. The van der Waals surface area contributed by atoms with Gasteiger partial charge in [0.2, 0.25) is 0 Å². The number of hydrogen-bond donors (Lipinski definition) is 1. The zero-order valence-corrected chi connectivity index (χ0v) is 7.34. The topological polar surface area (TPSA) is 32.3 Å². The molecule has 0 bridgehead atoms. The van der Waals surface area contributed by atoms with Gasteiger partial charge in [0.15, 0.2) is 0 Å². The van der Waals surface area contributed by atoms with Crippen molar-refractivity contribution in [1.82, 2.24) is 10.2 Å². The van der Waals surface area contributed by atoms with Crippen LogP contribution in [0, 0.1) is 12.3 Å². The molecule has 1 aliphatic heterocycles. The second kappa shape index (κ2) is 4.01. The molecular formula is C9H14N2O. The third-order valence-corrected chi connectivity index (χ3v) is 2.22. The average Bonchev–Trinajstić information content (AvgIpc) is 2.00. The summed E-state index contributed by atoms with van der Waals surface area (Å²) in [7, 11) is 0. The van der Waals surface area contributed by atoms with Crippen LogP contribution in [0.3, 0.4) is 0 Å². The molecule has 2 amide bonds. The highest BCUT2D eigenvalue weighted by Gasteiger charge is 2.29. The van der Waals surface area contributed by atoms with Crippen LogP contribution in [0.15, 0.2) is 0 Å². The Balaban J connectivity index is 2.29. The number of nitrogens with one attached hydrogen (secondary N) is 1. The highest BCUT2D eigenvalue weighted by molar-refractivity contribution is 5.75.